The van der Waals surface area contributed by atoms with E-state index in [4.69, 9.17) is 15.5 Å². The van der Waals surface area contributed by atoms with Crippen molar-refractivity contribution in [3.8, 4) is 0 Å². The lowest BCUT2D eigenvalue weighted by atomic mass is 9.90. The fourth-order valence-electron chi connectivity index (χ4n) is 2.21. The molecule has 0 aromatic carbocycles. The summed E-state index contributed by atoms with van der Waals surface area (Å²) >= 11 is 0. The summed E-state index contributed by atoms with van der Waals surface area (Å²) in [6.45, 7) is 10.7. The minimum Gasteiger partial charge on any atom is -0.380 e. The maximum atomic E-state index is 5.82. The number of hydrogen-bond donors (Lipinski definition) is 1. The monoisotopic (exact) mass is 263 g/mol. The number of pyridine rings is 1. The summed E-state index contributed by atoms with van der Waals surface area (Å²) < 4.78 is 5.51. The number of ether oxygens (including phenoxy) is 1. The molecule has 1 fully saturated rings. The third kappa shape index (κ3) is 3.67. The van der Waals surface area contributed by atoms with Crippen molar-refractivity contribution in [2.24, 2.45) is 5.73 Å². The van der Waals surface area contributed by atoms with Crippen LogP contribution in [0.25, 0.3) is 0 Å². The van der Waals surface area contributed by atoms with Gasteiger partial charge < -0.3 is 15.4 Å². The van der Waals surface area contributed by atoms with Crippen LogP contribution in [0, 0.1) is 0 Å². The summed E-state index contributed by atoms with van der Waals surface area (Å²) in [4.78, 5) is 7.14. The number of rotatable bonds is 2. The molecule has 4 nitrogen and oxygen atoms in total. The van der Waals surface area contributed by atoms with Gasteiger partial charge in [0.15, 0.2) is 0 Å². The zero-order valence-corrected chi connectivity index (χ0v) is 12.3. The van der Waals surface area contributed by atoms with E-state index in [1.54, 1.807) is 0 Å². The summed E-state index contributed by atoms with van der Waals surface area (Å²) in [5.41, 5.74) is 8.12. The van der Waals surface area contributed by atoms with Crippen LogP contribution in [0.1, 0.15) is 38.4 Å². The van der Waals surface area contributed by atoms with Gasteiger partial charge in [-0.3, -0.25) is 0 Å². The maximum Gasteiger partial charge on any atom is 0.129 e. The summed E-state index contributed by atoms with van der Waals surface area (Å²) in [5, 5.41) is 0. The topological polar surface area (TPSA) is 51.4 Å². The highest BCUT2D eigenvalue weighted by Crippen LogP contribution is 2.25. The molecule has 0 amide bonds. The van der Waals surface area contributed by atoms with Gasteiger partial charge in [-0.05, 0) is 24.1 Å². The number of aromatic nitrogens is 1. The molecule has 2 heterocycles. The van der Waals surface area contributed by atoms with E-state index < -0.39 is 0 Å². The van der Waals surface area contributed by atoms with Crippen molar-refractivity contribution in [2.45, 2.75) is 39.2 Å². The number of hydrogen-bond acceptors (Lipinski definition) is 4. The van der Waals surface area contributed by atoms with Crippen molar-refractivity contribution in [3.63, 3.8) is 0 Å². The van der Waals surface area contributed by atoms with Crippen LogP contribution in [0.3, 0.4) is 0 Å². The van der Waals surface area contributed by atoms with Gasteiger partial charge in [0.25, 0.3) is 0 Å². The number of anilines is 1. The maximum absolute atomic E-state index is 5.82. The molecule has 0 bridgehead atoms. The highest BCUT2D eigenvalue weighted by atomic mass is 16.5. The second-order valence-electron chi connectivity index (χ2n) is 6.13. The summed E-state index contributed by atoms with van der Waals surface area (Å²) in [5.74, 6) is 1.04. The molecule has 1 aliphatic heterocycles. The van der Waals surface area contributed by atoms with Crippen LogP contribution < -0.4 is 10.6 Å². The molecule has 4 heteroatoms. The van der Waals surface area contributed by atoms with E-state index in [1.807, 2.05) is 0 Å². The quantitative estimate of drug-likeness (QED) is 0.887. The molecule has 19 heavy (non-hydrogen) atoms. The Labute approximate surface area is 116 Å². The Morgan fingerprint density at radius 2 is 2.05 bits per heavy atom. The minimum absolute atomic E-state index is 0.0439. The Morgan fingerprint density at radius 3 is 2.74 bits per heavy atom. The lowest BCUT2D eigenvalue weighted by Crippen LogP contribution is -2.28. The van der Waals surface area contributed by atoms with Crippen LogP contribution in [-0.4, -0.2) is 31.3 Å². The Hall–Kier alpha value is -1.13. The van der Waals surface area contributed by atoms with Gasteiger partial charge in [0.2, 0.25) is 0 Å². The lowest BCUT2D eigenvalue weighted by molar-refractivity contribution is 0.152. The first kappa shape index (κ1) is 14.3. The lowest BCUT2D eigenvalue weighted by Gasteiger charge is -2.25. The SMILES string of the molecule is CC(C)(C)c1cc(CN)cc(N2CCCOCC2)n1. The molecule has 1 aromatic rings. The molecule has 1 aromatic heterocycles. The minimum atomic E-state index is 0.0439. The van der Waals surface area contributed by atoms with Gasteiger partial charge in [0, 0.05) is 37.4 Å². The first-order valence-corrected chi connectivity index (χ1v) is 7.05. The molecule has 1 aliphatic rings. The fourth-order valence-corrected chi connectivity index (χ4v) is 2.21. The molecule has 2 N–H and O–H groups in total. The number of nitrogens with two attached hydrogens (primary N) is 1. The normalized spacial score (nSPS) is 17.4. The third-order valence-corrected chi connectivity index (χ3v) is 3.42. The zero-order valence-electron chi connectivity index (χ0n) is 12.3. The fraction of sp³-hybridized carbons (Fsp3) is 0.667. The van der Waals surface area contributed by atoms with Crippen LogP contribution in [0.2, 0.25) is 0 Å². The molecule has 1 saturated heterocycles. The Morgan fingerprint density at radius 1 is 1.26 bits per heavy atom. The smallest absolute Gasteiger partial charge is 0.129 e. The molecule has 0 spiro atoms. The van der Waals surface area contributed by atoms with Crippen molar-refractivity contribution >= 4 is 5.82 Å². The second-order valence-corrected chi connectivity index (χ2v) is 6.13. The molecule has 0 unspecified atom stereocenters. The molecular formula is C15H25N3O. The highest BCUT2D eigenvalue weighted by Gasteiger charge is 2.19. The van der Waals surface area contributed by atoms with Gasteiger partial charge in [-0.1, -0.05) is 20.8 Å². The largest absolute Gasteiger partial charge is 0.380 e. The molecule has 106 valence electrons. The molecular weight excluding hydrogens is 238 g/mol. The van der Waals surface area contributed by atoms with E-state index in [-0.39, 0.29) is 5.41 Å². The first-order valence-electron chi connectivity index (χ1n) is 7.05. The van der Waals surface area contributed by atoms with Gasteiger partial charge in [0.1, 0.15) is 5.82 Å². The first-order chi connectivity index (χ1) is 9.00. The van der Waals surface area contributed by atoms with E-state index in [0.717, 1.165) is 49.8 Å². The van der Waals surface area contributed by atoms with Crippen LogP contribution in [-0.2, 0) is 16.7 Å². The Balaban J connectivity index is 2.33. The van der Waals surface area contributed by atoms with Crippen LogP contribution in [0.15, 0.2) is 12.1 Å². The molecule has 0 aliphatic carbocycles. The van der Waals surface area contributed by atoms with Crippen molar-refractivity contribution < 1.29 is 4.74 Å². The highest BCUT2D eigenvalue weighted by molar-refractivity contribution is 5.44. The molecule has 0 atom stereocenters. The van der Waals surface area contributed by atoms with Gasteiger partial charge in [-0.25, -0.2) is 4.98 Å². The second kappa shape index (κ2) is 5.88. The van der Waals surface area contributed by atoms with Gasteiger partial charge >= 0.3 is 0 Å². The summed E-state index contributed by atoms with van der Waals surface area (Å²) in [6, 6.07) is 4.23. The van der Waals surface area contributed by atoms with E-state index in [2.05, 4.69) is 37.8 Å². The van der Waals surface area contributed by atoms with E-state index in [9.17, 15) is 0 Å². The Bertz CT molecular complexity index is 418. The predicted molar refractivity (Wildman–Crippen MR) is 78.5 cm³/mol. The third-order valence-electron chi connectivity index (χ3n) is 3.42. The molecule has 0 saturated carbocycles. The zero-order chi connectivity index (χ0) is 13.9. The van der Waals surface area contributed by atoms with Crippen LogP contribution in [0.4, 0.5) is 5.82 Å². The predicted octanol–water partition coefficient (Wildman–Crippen LogP) is 2.06. The Kier molecular flexibility index (Phi) is 4.42. The van der Waals surface area contributed by atoms with Crippen LogP contribution >= 0.6 is 0 Å². The number of nitrogens with zero attached hydrogens (tertiary/aromatic N) is 2. The molecule has 2 rings (SSSR count). The van der Waals surface area contributed by atoms with Crippen molar-refractivity contribution in [3.05, 3.63) is 23.4 Å². The van der Waals surface area contributed by atoms with E-state index >= 15 is 0 Å². The van der Waals surface area contributed by atoms with Gasteiger partial charge in [0.05, 0.1) is 6.61 Å². The summed E-state index contributed by atoms with van der Waals surface area (Å²) in [7, 11) is 0. The average Bonchev–Trinajstić information content (AvgIpc) is 2.66. The van der Waals surface area contributed by atoms with Crippen LogP contribution in [0.5, 0.6) is 0 Å². The standard InChI is InChI=1S/C15H25N3O/c1-15(2,3)13-9-12(11-16)10-14(17-13)18-5-4-7-19-8-6-18/h9-10H,4-8,11,16H2,1-3H3. The van der Waals surface area contributed by atoms with Crippen molar-refractivity contribution in [2.75, 3.05) is 31.2 Å². The van der Waals surface area contributed by atoms with E-state index in [0.29, 0.717) is 6.54 Å². The summed E-state index contributed by atoms with van der Waals surface area (Å²) in [6.07, 6.45) is 1.05. The van der Waals surface area contributed by atoms with E-state index in [1.165, 1.54) is 0 Å². The van der Waals surface area contributed by atoms with Gasteiger partial charge in [-0.15, -0.1) is 0 Å². The van der Waals surface area contributed by atoms with Crippen molar-refractivity contribution in [1.29, 1.82) is 0 Å². The van der Waals surface area contributed by atoms with Crippen molar-refractivity contribution in [1.82, 2.24) is 4.98 Å². The van der Waals surface area contributed by atoms with Gasteiger partial charge in [-0.2, -0.15) is 0 Å². The molecule has 0 radical (unpaired) electrons. The average molecular weight is 263 g/mol.